The third kappa shape index (κ3) is 4.44. The fourth-order valence-corrected chi connectivity index (χ4v) is 5.54. The molecular formula is C28H27Cl2N3O2. The first-order valence-corrected chi connectivity index (χ1v) is 12.5. The molecule has 0 atom stereocenters. The third-order valence-corrected chi connectivity index (χ3v) is 8.00. The highest BCUT2D eigenvalue weighted by molar-refractivity contribution is 6.42. The number of carbonyl (C=O) groups excluding carboxylic acids is 2. The number of nitrogens with zero attached hydrogens (tertiary/aromatic N) is 2. The Kier molecular flexibility index (Phi) is 6.34. The van der Waals surface area contributed by atoms with E-state index in [0.29, 0.717) is 33.6 Å². The minimum atomic E-state index is -0.476. The van der Waals surface area contributed by atoms with Gasteiger partial charge in [0.2, 0.25) is 5.91 Å². The summed E-state index contributed by atoms with van der Waals surface area (Å²) in [6.07, 6.45) is 2.55. The van der Waals surface area contributed by atoms with Gasteiger partial charge in [-0.05, 0) is 103 Å². The van der Waals surface area contributed by atoms with E-state index in [4.69, 9.17) is 28.9 Å². The maximum absolute atomic E-state index is 13.3. The molecule has 5 nitrogen and oxygen atoms in total. The van der Waals surface area contributed by atoms with Crippen molar-refractivity contribution in [1.29, 1.82) is 0 Å². The molecule has 0 radical (unpaired) electrons. The Morgan fingerprint density at radius 1 is 0.914 bits per heavy atom. The Morgan fingerprint density at radius 3 is 2.31 bits per heavy atom. The lowest BCUT2D eigenvalue weighted by Gasteiger charge is -2.35. The average molecular weight is 508 g/mol. The van der Waals surface area contributed by atoms with E-state index in [1.165, 1.54) is 0 Å². The number of amides is 2. The smallest absolute Gasteiger partial charge is 0.253 e. The summed E-state index contributed by atoms with van der Waals surface area (Å²) in [6.45, 7) is 1.51. The molecule has 5 rings (SSSR count). The second kappa shape index (κ2) is 9.30. The molecule has 0 unspecified atom stereocenters. The van der Waals surface area contributed by atoms with Gasteiger partial charge in [-0.25, -0.2) is 0 Å². The summed E-state index contributed by atoms with van der Waals surface area (Å²) in [5.41, 5.74) is 12.5. The Balaban J connectivity index is 1.52. The van der Waals surface area contributed by atoms with Crippen molar-refractivity contribution in [3.05, 3.63) is 80.8 Å². The first-order valence-electron chi connectivity index (χ1n) is 11.7. The summed E-state index contributed by atoms with van der Waals surface area (Å²) in [6, 6.07) is 15.6. The van der Waals surface area contributed by atoms with Crippen LogP contribution in [0.2, 0.25) is 10.0 Å². The molecule has 2 amide bonds. The lowest BCUT2D eigenvalue weighted by atomic mass is 9.93. The molecular weight excluding hydrogens is 481 g/mol. The van der Waals surface area contributed by atoms with Gasteiger partial charge >= 0.3 is 0 Å². The molecule has 3 aromatic carbocycles. The SMILES string of the molecule is CN(C)C1CCN(C(=O)c2ccc3c(c2)-c2cc(-c4ccc(Cl)c(Cl)c4)cc(C(N)=O)c2C3)CC1. The zero-order valence-corrected chi connectivity index (χ0v) is 21.3. The highest BCUT2D eigenvalue weighted by Gasteiger charge is 2.28. The van der Waals surface area contributed by atoms with Gasteiger partial charge in [0.05, 0.1) is 10.0 Å². The molecule has 0 aromatic heterocycles. The molecule has 180 valence electrons. The maximum atomic E-state index is 13.3. The van der Waals surface area contributed by atoms with E-state index in [-0.39, 0.29) is 5.91 Å². The van der Waals surface area contributed by atoms with Crippen LogP contribution in [-0.4, -0.2) is 54.8 Å². The van der Waals surface area contributed by atoms with Gasteiger partial charge in [-0.1, -0.05) is 35.3 Å². The minimum absolute atomic E-state index is 0.0502. The molecule has 0 spiro atoms. The Hall–Kier alpha value is -2.86. The molecule has 1 aliphatic heterocycles. The van der Waals surface area contributed by atoms with Crippen molar-refractivity contribution in [2.24, 2.45) is 5.73 Å². The minimum Gasteiger partial charge on any atom is -0.366 e. The van der Waals surface area contributed by atoms with Crippen LogP contribution in [0.4, 0.5) is 0 Å². The topological polar surface area (TPSA) is 66.6 Å². The van der Waals surface area contributed by atoms with Gasteiger partial charge < -0.3 is 15.5 Å². The van der Waals surface area contributed by atoms with Crippen LogP contribution in [0.3, 0.4) is 0 Å². The van der Waals surface area contributed by atoms with E-state index in [1.807, 2.05) is 41.3 Å². The molecule has 1 aliphatic carbocycles. The quantitative estimate of drug-likeness (QED) is 0.396. The first kappa shape index (κ1) is 23.9. The van der Waals surface area contributed by atoms with Crippen LogP contribution in [0.5, 0.6) is 0 Å². The fourth-order valence-electron chi connectivity index (χ4n) is 5.24. The number of halogens is 2. The lowest BCUT2D eigenvalue weighted by molar-refractivity contribution is 0.0663. The molecule has 2 aliphatic rings. The summed E-state index contributed by atoms with van der Waals surface area (Å²) >= 11 is 12.4. The standard InChI is InChI=1S/C28H27Cl2N3O2/c1-32(2)20-7-9-33(10-8-20)28(35)18-4-3-17-11-23-22(21(17)12-18)13-19(14-24(23)27(31)34)16-5-6-25(29)26(30)15-16/h3-6,12-15,20H,7-11H2,1-2H3,(H2,31,34). The number of primary amides is 1. The molecule has 7 heteroatoms. The number of nitrogens with two attached hydrogens (primary N) is 1. The van der Waals surface area contributed by atoms with Crippen LogP contribution in [0.25, 0.3) is 22.3 Å². The summed E-state index contributed by atoms with van der Waals surface area (Å²) in [4.78, 5) is 29.9. The monoisotopic (exact) mass is 507 g/mol. The van der Waals surface area contributed by atoms with Crippen LogP contribution in [-0.2, 0) is 6.42 Å². The van der Waals surface area contributed by atoms with Gasteiger partial charge in [0.1, 0.15) is 0 Å². The van der Waals surface area contributed by atoms with Crippen molar-refractivity contribution in [1.82, 2.24) is 9.80 Å². The fraction of sp³-hybridized carbons (Fsp3) is 0.286. The summed E-state index contributed by atoms with van der Waals surface area (Å²) in [5, 5.41) is 0.909. The second-order valence-electron chi connectivity index (χ2n) is 9.58. The number of carbonyl (C=O) groups is 2. The lowest BCUT2D eigenvalue weighted by Crippen LogP contribution is -2.44. The van der Waals surface area contributed by atoms with Crippen LogP contribution in [0.1, 0.15) is 44.7 Å². The average Bonchev–Trinajstić information content (AvgIpc) is 3.22. The number of piperidine rings is 1. The number of benzene rings is 3. The van der Waals surface area contributed by atoms with Crippen LogP contribution >= 0.6 is 23.2 Å². The summed E-state index contributed by atoms with van der Waals surface area (Å²) in [7, 11) is 4.18. The molecule has 0 saturated carbocycles. The predicted molar refractivity (Wildman–Crippen MR) is 141 cm³/mol. The molecule has 1 heterocycles. The van der Waals surface area contributed by atoms with E-state index in [9.17, 15) is 9.59 Å². The van der Waals surface area contributed by atoms with Gasteiger partial charge in [-0.15, -0.1) is 0 Å². The van der Waals surface area contributed by atoms with Gasteiger partial charge in [0, 0.05) is 30.3 Å². The predicted octanol–water partition coefficient (Wildman–Crippen LogP) is 5.50. The van der Waals surface area contributed by atoms with Crippen LogP contribution < -0.4 is 5.73 Å². The van der Waals surface area contributed by atoms with Crippen LogP contribution in [0.15, 0.2) is 48.5 Å². The van der Waals surface area contributed by atoms with Crippen molar-refractivity contribution in [2.75, 3.05) is 27.2 Å². The Morgan fingerprint density at radius 2 is 1.66 bits per heavy atom. The van der Waals surface area contributed by atoms with Gasteiger partial charge in [0.15, 0.2) is 0 Å². The van der Waals surface area contributed by atoms with E-state index in [2.05, 4.69) is 19.0 Å². The molecule has 3 aromatic rings. The molecule has 1 saturated heterocycles. The molecule has 35 heavy (non-hydrogen) atoms. The third-order valence-electron chi connectivity index (χ3n) is 7.26. The largest absolute Gasteiger partial charge is 0.366 e. The van der Waals surface area contributed by atoms with Crippen LogP contribution in [0, 0.1) is 0 Å². The molecule has 0 bridgehead atoms. The van der Waals surface area contributed by atoms with Gasteiger partial charge in [-0.3, -0.25) is 9.59 Å². The zero-order valence-electron chi connectivity index (χ0n) is 19.8. The Bertz CT molecular complexity index is 1340. The van der Waals surface area contributed by atoms with E-state index in [0.717, 1.165) is 59.3 Å². The normalized spacial score (nSPS) is 15.3. The zero-order chi connectivity index (χ0) is 24.9. The van der Waals surface area contributed by atoms with Crippen molar-refractivity contribution < 1.29 is 9.59 Å². The molecule has 2 N–H and O–H groups in total. The van der Waals surface area contributed by atoms with Crippen molar-refractivity contribution in [2.45, 2.75) is 25.3 Å². The van der Waals surface area contributed by atoms with E-state index < -0.39 is 5.91 Å². The van der Waals surface area contributed by atoms with Gasteiger partial charge in [-0.2, -0.15) is 0 Å². The maximum Gasteiger partial charge on any atom is 0.253 e. The van der Waals surface area contributed by atoms with Crippen molar-refractivity contribution in [3.63, 3.8) is 0 Å². The van der Waals surface area contributed by atoms with Gasteiger partial charge in [0.25, 0.3) is 5.91 Å². The number of hydrogen-bond donors (Lipinski definition) is 1. The first-order chi connectivity index (χ1) is 16.7. The van der Waals surface area contributed by atoms with E-state index in [1.54, 1.807) is 12.1 Å². The highest BCUT2D eigenvalue weighted by Crippen LogP contribution is 2.42. The second-order valence-corrected chi connectivity index (χ2v) is 10.4. The Labute approximate surface area is 215 Å². The number of fused-ring (bicyclic) bond motifs is 3. The van der Waals surface area contributed by atoms with Crippen molar-refractivity contribution in [3.8, 4) is 22.3 Å². The number of likely N-dealkylation sites (tertiary alicyclic amines) is 1. The highest BCUT2D eigenvalue weighted by atomic mass is 35.5. The van der Waals surface area contributed by atoms with E-state index >= 15 is 0 Å². The van der Waals surface area contributed by atoms with Crippen molar-refractivity contribution >= 4 is 35.0 Å². The number of rotatable bonds is 4. The summed E-state index contributed by atoms with van der Waals surface area (Å²) < 4.78 is 0. The molecule has 1 fully saturated rings. The summed E-state index contributed by atoms with van der Waals surface area (Å²) in [5.74, 6) is -0.426. The number of hydrogen-bond acceptors (Lipinski definition) is 3.